The SMILES string of the molecule is O=C(O)CN(C(=O)c1cc(Cl)cc(Br)c1)c1ccccc1. The van der Waals surface area contributed by atoms with Crippen molar-refractivity contribution in [2.24, 2.45) is 0 Å². The van der Waals surface area contributed by atoms with Crippen molar-refractivity contribution in [2.45, 2.75) is 0 Å². The number of carbonyl (C=O) groups excluding carboxylic acids is 1. The topological polar surface area (TPSA) is 57.6 Å². The van der Waals surface area contributed by atoms with Gasteiger partial charge >= 0.3 is 5.97 Å². The molecule has 1 N–H and O–H groups in total. The van der Waals surface area contributed by atoms with E-state index in [1.807, 2.05) is 0 Å². The van der Waals surface area contributed by atoms with Crippen LogP contribution in [0.3, 0.4) is 0 Å². The van der Waals surface area contributed by atoms with Gasteiger partial charge in [0.15, 0.2) is 0 Å². The third-order valence-corrected chi connectivity index (χ3v) is 3.39. The highest BCUT2D eigenvalue weighted by Crippen LogP contribution is 2.23. The monoisotopic (exact) mass is 367 g/mol. The maximum absolute atomic E-state index is 12.6. The van der Waals surface area contributed by atoms with Gasteiger partial charge in [0, 0.05) is 20.7 Å². The highest BCUT2D eigenvalue weighted by atomic mass is 79.9. The number of halogens is 2. The van der Waals surface area contributed by atoms with Crippen LogP contribution in [0.4, 0.5) is 5.69 Å². The molecule has 6 heteroatoms. The highest BCUT2D eigenvalue weighted by Gasteiger charge is 2.20. The lowest BCUT2D eigenvalue weighted by Crippen LogP contribution is -2.35. The predicted molar refractivity (Wildman–Crippen MR) is 84.9 cm³/mol. The number of aliphatic carboxylic acids is 1. The van der Waals surface area contributed by atoms with Gasteiger partial charge in [-0.2, -0.15) is 0 Å². The molecule has 2 rings (SSSR count). The summed E-state index contributed by atoms with van der Waals surface area (Å²) in [7, 11) is 0. The number of hydrogen-bond acceptors (Lipinski definition) is 2. The Hall–Kier alpha value is -1.85. The molecule has 2 aromatic rings. The third kappa shape index (κ3) is 4.06. The Labute approximate surface area is 135 Å². The predicted octanol–water partition coefficient (Wildman–Crippen LogP) is 3.83. The average Bonchev–Trinajstić information content (AvgIpc) is 2.44. The van der Waals surface area contributed by atoms with Gasteiger partial charge in [-0.3, -0.25) is 14.5 Å². The van der Waals surface area contributed by atoms with Crippen LogP contribution in [0.5, 0.6) is 0 Å². The fourth-order valence-electron chi connectivity index (χ4n) is 1.86. The van der Waals surface area contributed by atoms with Crippen LogP contribution in [0.15, 0.2) is 53.0 Å². The van der Waals surface area contributed by atoms with Crippen molar-refractivity contribution in [1.82, 2.24) is 0 Å². The third-order valence-electron chi connectivity index (χ3n) is 2.72. The number of carboxylic acids is 1. The quantitative estimate of drug-likeness (QED) is 0.892. The van der Waals surface area contributed by atoms with Crippen LogP contribution in [0.1, 0.15) is 10.4 Å². The van der Waals surface area contributed by atoms with E-state index in [0.29, 0.717) is 20.7 Å². The maximum atomic E-state index is 12.6. The van der Waals surface area contributed by atoms with Crippen LogP contribution >= 0.6 is 27.5 Å². The molecule has 0 aliphatic rings. The van der Waals surface area contributed by atoms with Crippen molar-refractivity contribution in [2.75, 3.05) is 11.4 Å². The van der Waals surface area contributed by atoms with Gasteiger partial charge < -0.3 is 5.11 Å². The smallest absolute Gasteiger partial charge is 0.323 e. The van der Waals surface area contributed by atoms with E-state index >= 15 is 0 Å². The first-order chi connectivity index (χ1) is 9.97. The summed E-state index contributed by atoms with van der Waals surface area (Å²) < 4.78 is 0.654. The lowest BCUT2D eigenvalue weighted by molar-refractivity contribution is -0.135. The number of rotatable bonds is 4. The van der Waals surface area contributed by atoms with Gasteiger partial charge in [-0.05, 0) is 30.3 Å². The van der Waals surface area contributed by atoms with Gasteiger partial charge in [0.2, 0.25) is 0 Å². The van der Waals surface area contributed by atoms with Crippen LogP contribution in [-0.4, -0.2) is 23.5 Å². The normalized spacial score (nSPS) is 10.2. The summed E-state index contributed by atoms with van der Waals surface area (Å²) in [6.45, 7) is -0.424. The summed E-state index contributed by atoms with van der Waals surface area (Å²) >= 11 is 9.20. The second kappa shape index (κ2) is 6.74. The molecule has 0 saturated carbocycles. The van der Waals surface area contributed by atoms with Crippen LogP contribution in [0.2, 0.25) is 5.02 Å². The zero-order valence-corrected chi connectivity index (χ0v) is 13.1. The molecule has 21 heavy (non-hydrogen) atoms. The standard InChI is InChI=1S/C15H11BrClNO3/c16-11-6-10(7-12(17)8-11)15(21)18(9-14(19)20)13-4-2-1-3-5-13/h1-8H,9H2,(H,19,20). The van der Waals surface area contributed by atoms with E-state index in [1.165, 1.54) is 11.0 Å². The number of carboxylic acid groups (broad SMARTS) is 1. The van der Waals surface area contributed by atoms with E-state index in [0.717, 1.165) is 0 Å². The number of benzene rings is 2. The van der Waals surface area contributed by atoms with Crippen molar-refractivity contribution in [3.63, 3.8) is 0 Å². The number of amides is 1. The molecule has 0 spiro atoms. The Bertz CT molecular complexity index is 656. The van der Waals surface area contributed by atoms with Crippen molar-refractivity contribution < 1.29 is 14.7 Å². The molecule has 0 radical (unpaired) electrons. The van der Waals surface area contributed by atoms with E-state index in [2.05, 4.69) is 15.9 Å². The van der Waals surface area contributed by atoms with Crippen molar-refractivity contribution in [3.05, 3.63) is 63.6 Å². The molecule has 0 fully saturated rings. The number of para-hydroxylation sites is 1. The first-order valence-corrected chi connectivity index (χ1v) is 7.19. The van der Waals surface area contributed by atoms with Crippen LogP contribution < -0.4 is 4.90 Å². The summed E-state index contributed by atoms with van der Waals surface area (Å²) in [5.41, 5.74) is 0.834. The lowest BCUT2D eigenvalue weighted by Gasteiger charge is -2.21. The minimum Gasteiger partial charge on any atom is -0.480 e. The van der Waals surface area contributed by atoms with E-state index < -0.39 is 18.4 Å². The molecule has 0 heterocycles. The second-order valence-corrected chi connectivity index (χ2v) is 5.63. The van der Waals surface area contributed by atoms with Gasteiger partial charge in [-0.1, -0.05) is 45.7 Å². The molecule has 0 unspecified atom stereocenters. The molecule has 0 aliphatic carbocycles. The van der Waals surface area contributed by atoms with Gasteiger partial charge in [0.1, 0.15) is 6.54 Å². The minimum atomic E-state index is -1.09. The van der Waals surface area contributed by atoms with E-state index in [1.54, 1.807) is 42.5 Å². The number of nitrogens with zero attached hydrogens (tertiary/aromatic N) is 1. The summed E-state index contributed by atoms with van der Waals surface area (Å²) in [4.78, 5) is 24.8. The Morgan fingerprint density at radius 2 is 1.81 bits per heavy atom. The zero-order valence-electron chi connectivity index (χ0n) is 10.8. The molecule has 0 atom stereocenters. The number of hydrogen-bond donors (Lipinski definition) is 1. The van der Waals surface area contributed by atoms with Gasteiger partial charge in [-0.15, -0.1) is 0 Å². The van der Waals surface area contributed by atoms with E-state index in [4.69, 9.17) is 16.7 Å². The fourth-order valence-corrected chi connectivity index (χ4v) is 2.72. The Morgan fingerprint density at radius 3 is 2.38 bits per heavy atom. The fraction of sp³-hybridized carbons (Fsp3) is 0.0667. The van der Waals surface area contributed by atoms with Gasteiger partial charge in [0.05, 0.1) is 0 Å². The Kier molecular flexibility index (Phi) is 4.98. The second-order valence-electron chi connectivity index (χ2n) is 4.28. The molecule has 2 aromatic carbocycles. The maximum Gasteiger partial charge on any atom is 0.323 e. The Balaban J connectivity index is 2.41. The first kappa shape index (κ1) is 15.5. The lowest BCUT2D eigenvalue weighted by atomic mass is 10.1. The van der Waals surface area contributed by atoms with Crippen LogP contribution in [0.25, 0.3) is 0 Å². The first-order valence-electron chi connectivity index (χ1n) is 6.02. The molecule has 0 saturated heterocycles. The van der Waals surface area contributed by atoms with E-state index in [9.17, 15) is 9.59 Å². The summed E-state index contributed by atoms with van der Waals surface area (Å²) in [5, 5.41) is 9.42. The molecule has 4 nitrogen and oxygen atoms in total. The van der Waals surface area contributed by atoms with Crippen LogP contribution in [-0.2, 0) is 4.79 Å². The average molecular weight is 369 g/mol. The number of carbonyl (C=O) groups is 2. The van der Waals surface area contributed by atoms with Crippen molar-refractivity contribution >= 4 is 45.1 Å². The molecule has 0 bridgehead atoms. The van der Waals surface area contributed by atoms with Crippen molar-refractivity contribution in [1.29, 1.82) is 0 Å². The minimum absolute atomic E-state index is 0.319. The van der Waals surface area contributed by atoms with E-state index in [-0.39, 0.29) is 0 Å². The number of anilines is 1. The largest absolute Gasteiger partial charge is 0.480 e. The molecule has 1 amide bonds. The highest BCUT2D eigenvalue weighted by molar-refractivity contribution is 9.10. The van der Waals surface area contributed by atoms with Gasteiger partial charge in [-0.25, -0.2) is 0 Å². The molecular weight excluding hydrogens is 358 g/mol. The summed E-state index contributed by atoms with van der Waals surface area (Å²) in [6.07, 6.45) is 0. The molecule has 0 aromatic heterocycles. The summed E-state index contributed by atoms with van der Waals surface area (Å²) in [5.74, 6) is -1.51. The molecule has 0 aliphatic heterocycles. The Morgan fingerprint density at radius 1 is 1.14 bits per heavy atom. The zero-order chi connectivity index (χ0) is 15.4. The van der Waals surface area contributed by atoms with Gasteiger partial charge in [0.25, 0.3) is 5.91 Å². The van der Waals surface area contributed by atoms with Crippen LogP contribution in [0, 0.1) is 0 Å². The molecular formula is C15H11BrClNO3. The van der Waals surface area contributed by atoms with Crippen molar-refractivity contribution in [3.8, 4) is 0 Å². The summed E-state index contributed by atoms with van der Waals surface area (Å²) in [6, 6.07) is 13.4. The molecule has 108 valence electrons.